The van der Waals surface area contributed by atoms with Crippen LogP contribution in [-0.2, 0) is 6.42 Å². The first kappa shape index (κ1) is 13.9. The van der Waals surface area contributed by atoms with E-state index in [4.69, 9.17) is 11.6 Å². The predicted molar refractivity (Wildman–Crippen MR) is 76.9 cm³/mol. The normalized spacial score (nSPS) is 28.6. The molecule has 1 nitrogen and oxygen atoms in total. The van der Waals surface area contributed by atoms with Crippen molar-refractivity contribution in [2.24, 2.45) is 11.8 Å². The van der Waals surface area contributed by atoms with Crippen molar-refractivity contribution in [3.63, 3.8) is 0 Å². The average molecular weight is 267 g/mol. The number of rotatable bonds is 3. The van der Waals surface area contributed by atoms with Gasteiger partial charge >= 0.3 is 0 Å². The maximum Gasteiger partial charge on any atom is 0.0688 e. The van der Waals surface area contributed by atoms with E-state index in [1.165, 1.54) is 0 Å². The molecule has 1 aliphatic rings. The molecule has 1 aliphatic carbocycles. The molecule has 1 aromatic carbocycles. The molecule has 2 heteroatoms. The van der Waals surface area contributed by atoms with E-state index in [-0.39, 0.29) is 0 Å². The summed E-state index contributed by atoms with van der Waals surface area (Å²) < 4.78 is 0. The third-order valence-electron chi connectivity index (χ3n) is 4.33. The molecule has 0 saturated heterocycles. The van der Waals surface area contributed by atoms with Gasteiger partial charge in [-0.1, -0.05) is 37.6 Å². The van der Waals surface area contributed by atoms with Crippen molar-refractivity contribution in [3.8, 4) is 0 Å². The van der Waals surface area contributed by atoms with E-state index in [1.54, 1.807) is 0 Å². The van der Waals surface area contributed by atoms with Crippen molar-refractivity contribution < 1.29 is 5.11 Å². The van der Waals surface area contributed by atoms with Gasteiger partial charge in [0.25, 0.3) is 0 Å². The minimum atomic E-state index is -0.518. The van der Waals surface area contributed by atoms with Crippen LogP contribution in [0.1, 0.15) is 45.1 Å². The first-order valence-electron chi connectivity index (χ1n) is 6.95. The Labute approximate surface area is 115 Å². The molecule has 1 aromatic rings. The van der Waals surface area contributed by atoms with Gasteiger partial charge in [0.1, 0.15) is 0 Å². The summed E-state index contributed by atoms with van der Waals surface area (Å²) in [6.45, 7) is 4.57. The lowest BCUT2D eigenvalue weighted by atomic mass is 9.72. The third-order valence-corrected chi connectivity index (χ3v) is 4.56. The number of hydrogen-bond acceptors (Lipinski definition) is 1. The Hall–Kier alpha value is -0.530. The summed E-state index contributed by atoms with van der Waals surface area (Å²) in [6, 6.07) is 7.86. The molecule has 100 valence electrons. The molecule has 0 bridgehead atoms. The monoisotopic (exact) mass is 266 g/mol. The maximum atomic E-state index is 10.7. The summed E-state index contributed by atoms with van der Waals surface area (Å²) in [5.74, 6) is 1.52. The molecule has 0 aliphatic heterocycles. The molecule has 0 unspecified atom stereocenters. The summed E-state index contributed by atoms with van der Waals surface area (Å²) in [5, 5.41) is 11.4. The van der Waals surface area contributed by atoms with Gasteiger partial charge in [0, 0.05) is 11.4 Å². The van der Waals surface area contributed by atoms with Crippen molar-refractivity contribution in [1.29, 1.82) is 0 Å². The van der Waals surface area contributed by atoms with Crippen LogP contribution in [0.2, 0.25) is 5.02 Å². The zero-order valence-corrected chi connectivity index (χ0v) is 12.1. The summed E-state index contributed by atoms with van der Waals surface area (Å²) >= 11 is 5.99. The van der Waals surface area contributed by atoms with Gasteiger partial charge < -0.3 is 5.11 Å². The molecule has 2 rings (SSSR count). The highest BCUT2D eigenvalue weighted by Crippen LogP contribution is 2.37. The highest BCUT2D eigenvalue weighted by Gasteiger charge is 2.34. The third kappa shape index (κ3) is 3.49. The molecule has 1 fully saturated rings. The molecule has 0 atom stereocenters. The fraction of sp³-hybridized carbons (Fsp3) is 0.625. The molecule has 0 amide bonds. The highest BCUT2D eigenvalue weighted by molar-refractivity contribution is 6.30. The van der Waals surface area contributed by atoms with Crippen LogP contribution >= 0.6 is 11.6 Å². The van der Waals surface area contributed by atoms with Crippen LogP contribution in [0.25, 0.3) is 0 Å². The Bertz CT molecular complexity index is 392. The summed E-state index contributed by atoms with van der Waals surface area (Å²) in [4.78, 5) is 0. The second-order valence-electron chi connectivity index (χ2n) is 6.11. The van der Waals surface area contributed by atoms with Crippen LogP contribution in [0, 0.1) is 11.8 Å². The summed E-state index contributed by atoms with van der Waals surface area (Å²) in [6.07, 6.45) is 4.87. The molecule has 1 N–H and O–H groups in total. The lowest BCUT2D eigenvalue weighted by Crippen LogP contribution is -2.37. The van der Waals surface area contributed by atoms with Crippen LogP contribution in [0.4, 0.5) is 0 Å². The zero-order chi connectivity index (χ0) is 13.2. The fourth-order valence-electron chi connectivity index (χ4n) is 3.05. The van der Waals surface area contributed by atoms with E-state index < -0.39 is 5.60 Å². The van der Waals surface area contributed by atoms with E-state index >= 15 is 0 Å². The van der Waals surface area contributed by atoms with E-state index in [0.29, 0.717) is 0 Å². The summed E-state index contributed by atoms with van der Waals surface area (Å²) in [5.41, 5.74) is 0.629. The Kier molecular flexibility index (Phi) is 4.34. The van der Waals surface area contributed by atoms with Crippen molar-refractivity contribution in [2.75, 3.05) is 0 Å². The van der Waals surface area contributed by atoms with Crippen molar-refractivity contribution in [3.05, 3.63) is 34.9 Å². The second kappa shape index (κ2) is 5.63. The molecular formula is C16H23ClO. The van der Waals surface area contributed by atoms with Crippen LogP contribution in [-0.4, -0.2) is 10.7 Å². The Morgan fingerprint density at radius 2 is 2.00 bits per heavy atom. The van der Waals surface area contributed by atoms with E-state index in [0.717, 1.165) is 54.5 Å². The summed E-state index contributed by atoms with van der Waals surface area (Å²) in [7, 11) is 0. The average Bonchev–Trinajstić information content (AvgIpc) is 2.29. The standard InChI is InChI=1S/C16H23ClO/c1-12(2)14-6-8-16(18,9-7-14)11-13-4-3-5-15(17)10-13/h3-5,10,12,14,18H,6-9,11H2,1-2H3. The number of hydrogen-bond donors (Lipinski definition) is 1. The van der Waals surface area contributed by atoms with Gasteiger partial charge in [0.05, 0.1) is 5.60 Å². The zero-order valence-electron chi connectivity index (χ0n) is 11.3. The largest absolute Gasteiger partial charge is 0.390 e. The lowest BCUT2D eigenvalue weighted by Gasteiger charge is -2.37. The van der Waals surface area contributed by atoms with E-state index in [1.807, 2.05) is 18.2 Å². The smallest absolute Gasteiger partial charge is 0.0688 e. The molecular weight excluding hydrogens is 244 g/mol. The van der Waals surface area contributed by atoms with Gasteiger partial charge in [-0.15, -0.1) is 0 Å². The first-order valence-corrected chi connectivity index (χ1v) is 7.33. The van der Waals surface area contributed by atoms with Gasteiger partial charge in [-0.05, 0) is 55.2 Å². The van der Waals surface area contributed by atoms with Crippen molar-refractivity contribution >= 4 is 11.6 Å². The topological polar surface area (TPSA) is 20.2 Å². The van der Waals surface area contributed by atoms with Gasteiger partial charge in [-0.25, -0.2) is 0 Å². The van der Waals surface area contributed by atoms with E-state index in [9.17, 15) is 5.11 Å². The maximum absolute atomic E-state index is 10.7. The van der Waals surface area contributed by atoms with E-state index in [2.05, 4.69) is 19.9 Å². The van der Waals surface area contributed by atoms with Crippen LogP contribution in [0.3, 0.4) is 0 Å². The lowest BCUT2D eigenvalue weighted by molar-refractivity contribution is -0.0146. The van der Waals surface area contributed by atoms with Gasteiger partial charge in [0.15, 0.2) is 0 Å². The van der Waals surface area contributed by atoms with Crippen LogP contribution in [0.5, 0.6) is 0 Å². The molecule has 0 aromatic heterocycles. The Morgan fingerprint density at radius 1 is 1.33 bits per heavy atom. The number of benzene rings is 1. The predicted octanol–water partition coefficient (Wildman–Crippen LogP) is 4.46. The molecule has 1 saturated carbocycles. The van der Waals surface area contributed by atoms with Crippen molar-refractivity contribution in [1.82, 2.24) is 0 Å². The fourth-order valence-corrected chi connectivity index (χ4v) is 3.26. The highest BCUT2D eigenvalue weighted by atomic mass is 35.5. The molecule has 0 radical (unpaired) electrons. The Morgan fingerprint density at radius 3 is 2.56 bits per heavy atom. The number of aliphatic hydroxyl groups is 1. The van der Waals surface area contributed by atoms with Crippen LogP contribution < -0.4 is 0 Å². The minimum absolute atomic E-state index is 0.518. The Balaban J connectivity index is 1.97. The van der Waals surface area contributed by atoms with Crippen molar-refractivity contribution in [2.45, 2.75) is 51.6 Å². The molecule has 18 heavy (non-hydrogen) atoms. The molecule has 0 heterocycles. The first-order chi connectivity index (χ1) is 8.48. The van der Waals surface area contributed by atoms with Crippen LogP contribution in [0.15, 0.2) is 24.3 Å². The van der Waals surface area contributed by atoms with Gasteiger partial charge in [-0.3, -0.25) is 0 Å². The second-order valence-corrected chi connectivity index (χ2v) is 6.55. The van der Waals surface area contributed by atoms with Gasteiger partial charge in [0.2, 0.25) is 0 Å². The quantitative estimate of drug-likeness (QED) is 0.856. The molecule has 0 spiro atoms. The SMILES string of the molecule is CC(C)C1CCC(O)(Cc2cccc(Cl)c2)CC1. The minimum Gasteiger partial charge on any atom is -0.390 e. The van der Waals surface area contributed by atoms with Gasteiger partial charge in [-0.2, -0.15) is 0 Å². The number of halogens is 1.